The highest BCUT2D eigenvalue weighted by atomic mass is 32.1. The fourth-order valence-corrected chi connectivity index (χ4v) is 4.27. The third-order valence-electron chi connectivity index (χ3n) is 3.54. The molecule has 0 bridgehead atoms. The van der Waals surface area contributed by atoms with Gasteiger partial charge in [0, 0.05) is 6.07 Å². The van der Waals surface area contributed by atoms with Crippen molar-refractivity contribution in [1.29, 1.82) is 0 Å². The number of nitrogens with one attached hydrogen (secondary N) is 1. The second-order valence-electron chi connectivity index (χ2n) is 5.60. The molecular weight excluding hydrogens is 386 g/mol. The minimum atomic E-state index is -0.557. The molecule has 27 heavy (non-hydrogen) atoms. The third kappa shape index (κ3) is 3.88. The van der Waals surface area contributed by atoms with Crippen LogP contribution in [0.15, 0.2) is 47.0 Å². The number of rotatable bonds is 5. The normalized spacial score (nSPS) is 10.9. The van der Waals surface area contributed by atoms with Crippen molar-refractivity contribution in [1.82, 2.24) is 10.1 Å². The molecule has 0 radical (unpaired) electrons. The summed E-state index contributed by atoms with van der Waals surface area (Å²) in [4.78, 5) is 29.9. The largest absolute Gasteiger partial charge is 0.451 e. The van der Waals surface area contributed by atoms with Gasteiger partial charge in [-0.25, -0.2) is 9.78 Å². The molecule has 0 aliphatic carbocycles. The molecule has 0 atom stereocenters. The maximum Gasteiger partial charge on any atom is 0.348 e. The quantitative estimate of drug-likeness (QED) is 0.508. The number of aryl methyl sites for hydroxylation is 1. The lowest BCUT2D eigenvalue weighted by Gasteiger charge is -2.02. The highest BCUT2D eigenvalue weighted by molar-refractivity contribution is 7.26. The first-order valence-corrected chi connectivity index (χ1v) is 9.58. The monoisotopic (exact) mass is 399 g/mol. The van der Waals surface area contributed by atoms with Crippen LogP contribution in [0.25, 0.3) is 20.1 Å². The number of hydrogen-bond donors (Lipinski definition) is 1. The standard InChI is InChI=1S/C18H13N3O4S2/c1-10-8-15(21-25-10)20-16(22)9-24-18(23)14-7-6-13(26-14)17-19-11-4-2-3-5-12(11)27-17/h2-8H,9H2,1H3,(H,20,21,22). The predicted molar refractivity (Wildman–Crippen MR) is 103 cm³/mol. The molecule has 0 saturated carbocycles. The molecule has 4 rings (SSSR count). The highest BCUT2D eigenvalue weighted by Crippen LogP contribution is 2.34. The molecule has 0 saturated heterocycles. The van der Waals surface area contributed by atoms with Crippen molar-refractivity contribution in [3.8, 4) is 9.88 Å². The first-order chi connectivity index (χ1) is 13.1. The molecule has 7 nitrogen and oxygen atoms in total. The van der Waals surface area contributed by atoms with E-state index in [-0.39, 0.29) is 5.82 Å². The number of hydrogen-bond acceptors (Lipinski definition) is 8. The van der Waals surface area contributed by atoms with E-state index in [0.29, 0.717) is 10.6 Å². The minimum Gasteiger partial charge on any atom is -0.451 e. The van der Waals surface area contributed by atoms with E-state index >= 15 is 0 Å². The van der Waals surface area contributed by atoms with Crippen LogP contribution >= 0.6 is 22.7 Å². The van der Waals surface area contributed by atoms with Crippen molar-refractivity contribution < 1.29 is 18.8 Å². The van der Waals surface area contributed by atoms with Gasteiger partial charge >= 0.3 is 5.97 Å². The number of esters is 1. The summed E-state index contributed by atoms with van der Waals surface area (Å²) < 4.78 is 11.0. The van der Waals surface area contributed by atoms with Crippen LogP contribution in [0.2, 0.25) is 0 Å². The number of amides is 1. The number of benzene rings is 1. The van der Waals surface area contributed by atoms with Gasteiger partial charge in [-0.3, -0.25) is 4.79 Å². The Morgan fingerprint density at radius 1 is 1.19 bits per heavy atom. The lowest BCUT2D eigenvalue weighted by atomic mass is 10.3. The van der Waals surface area contributed by atoms with Gasteiger partial charge < -0.3 is 14.6 Å². The van der Waals surface area contributed by atoms with Crippen LogP contribution in [0.3, 0.4) is 0 Å². The van der Waals surface area contributed by atoms with Crippen molar-refractivity contribution in [3.63, 3.8) is 0 Å². The van der Waals surface area contributed by atoms with E-state index in [2.05, 4.69) is 15.5 Å². The van der Waals surface area contributed by atoms with Gasteiger partial charge in [0.25, 0.3) is 5.91 Å². The minimum absolute atomic E-state index is 0.280. The second-order valence-corrected chi connectivity index (χ2v) is 7.71. The first kappa shape index (κ1) is 17.4. The number of ether oxygens (including phenoxy) is 1. The molecule has 3 heterocycles. The number of nitrogens with zero attached hydrogens (tertiary/aromatic N) is 2. The fraction of sp³-hybridized carbons (Fsp3) is 0.111. The molecule has 136 valence electrons. The summed E-state index contributed by atoms with van der Waals surface area (Å²) in [5, 5.41) is 6.98. The van der Waals surface area contributed by atoms with Gasteiger partial charge in [0.2, 0.25) is 0 Å². The number of carbonyl (C=O) groups is 2. The molecule has 0 spiro atoms. The van der Waals surface area contributed by atoms with Gasteiger partial charge in [-0.15, -0.1) is 22.7 Å². The van der Waals surface area contributed by atoms with Gasteiger partial charge in [-0.2, -0.15) is 0 Å². The molecule has 0 aliphatic rings. The highest BCUT2D eigenvalue weighted by Gasteiger charge is 2.16. The van der Waals surface area contributed by atoms with Gasteiger partial charge in [0.1, 0.15) is 15.6 Å². The van der Waals surface area contributed by atoms with Gasteiger partial charge in [-0.05, 0) is 31.2 Å². The first-order valence-electron chi connectivity index (χ1n) is 7.94. The molecule has 0 fully saturated rings. The Hall–Kier alpha value is -3.04. The molecule has 1 amide bonds. The summed E-state index contributed by atoms with van der Waals surface area (Å²) >= 11 is 2.85. The Balaban J connectivity index is 1.39. The van der Waals surface area contributed by atoms with Crippen molar-refractivity contribution in [3.05, 3.63) is 53.1 Å². The maximum atomic E-state index is 12.2. The van der Waals surface area contributed by atoms with E-state index in [1.807, 2.05) is 30.3 Å². The zero-order valence-corrected chi connectivity index (χ0v) is 15.7. The zero-order chi connectivity index (χ0) is 18.8. The molecule has 3 aromatic heterocycles. The average Bonchev–Trinajstić information content (AvgIpc) is 3.38. The molecular formula is C18H13N3O4S2. The van der Waals surface area contributed by atoms with Crippen LogP contribution in [0.4, 0.5) is 5.82 Å². The molecule has 1 aromatic carbocycles. The van der Waals surface area contributed by atoms with Crippen LogP contribution in [-0.2, 0) is 9.53 Å². The summed E-state index contributed by atoms with van der Waals surface area (Å²) in [6, 6.07) is 12.9. The van der Waals surface area contributed by atoms with E-state index < -0.39 is 18.5 Å². The Kier molecular flexibility index (Phi) is 4.69. The van der Waals surface area contributed by atoms with Crippen molar-refractivity contribution in [2.24, 2.45) is 0 Å². The second kappa shape index (κ2) is 7.29. The summed E-state index contributed by atoms with van der Waals surface area (Å²) in [5.41, 5.74) is 0.926. The number of thiophene rings is 1. The van der Waals surface area contributed by atoms with E-state index in [9.17, 15) is 9.59 Å². The molecule has 9 heteroatoms. The Labute approximate surface area is 161 Å². The Morgan fingerprint density at radius 3 is 2.81 bits per heavy atom. The van der Waals surface area contributed by atoms with Crippen LogP contribution in [0, 0.1) is 6.92 Å². The van der Waals surface area contributed by atoms with E-state index in [1.54, 1.807) is 30.4 Å². The van der Waals surface area contributed by atoms with Gasteiger partial charge in [0.15, 0.2) is 12.4 Å². The number of carbonyl (C=O) groups excluding carboxylic acids is 2. The van der Waals surface area contributed by atoms with Gasteiger partial charge in [-0.1, -0.05) is 17.3 Å². The number of para-hydroxylation sites is 1. The summed E-state index contributed by atoms with van der Waals surface area (Å²) in [5.74, 6) is -0.190. The molecule has 0 aliphatic heterocycles. The third-order valence-corrected chi connectivity index (χ3v) is 5.81. The van der Waals surface area contributed by atoms with E-state index in [0.717, 1.165) is 20.1 Å². The van der Waals surface area contributed by atoms with Crippen molar-refractivity contribution >= 4 is 50.6 Å². The molecule has 0 unspecified atom stereocenters. The number of fused-ring (bicyclic) bond motifs is 1. The Morgan fingerprint density at radius 2 is 2.04 bits per heavy atom. The van der Waals surface area contributed by atoms with E-state index in [1.165, 1.54) is 11.3 Å². The number of aromatic nitrogens is 2. The Bertz CT molecular complexity index is 1100. The van der Waals surface area contributed by atoms with Crippen LogP contribution in [-0.4, -0.2) is 28.6 Å². The average molecular weight is 399 g/mol. The van der Waals surface area contributed by atoms with Crippen LogP contribution < -0.4 is 5.32 Å². The number of anilines is 1. The van der Waals surface area contributed by atoms with Gasteiger partial charge in [0.05, 0.1) is 15.1 Å². The summed E-state index contributed by atoms with van der Waals surface area (Å²) in [6.07, 6.45) is 0. The maximum absolute atomic E-state index is 12.2. The molecule has 4 aromatic rings. The summed E-state index contributed by atoms with van der Waals surface area (Å²) in [6.45, 7) is 1.31. The van der Waals surface area contributed by atoms with Crippen molar-refractivity contribution in [2.45, 2.75) is 6.92 Å². The van der Waals surface area contributed by atoms with Crippen molar-refractivity contribution in [2.75, 3.05) is 11.9 Å². The lowest BCUT2D eigenvalue weighted by molar-refractivity contribution is -0.119. The SMILES string of the molecule is Cc1cc(NC(=O)COC(=O)c2ccc(-c3nc4ccccc4s3)s2)no1. The zero-order valence-electron chi connectivity index (χ0n) is 14.1. The lowest BCUT2D eigenvalue weighted by Crippen LogP contribution is -2.20. The molecule has 1 N–H and O–H groups in total. The topological polar surface area (TPSA) is 94.3 Å². The summed E-state index contributed by atoms with van der Waals surface area (Å²) in [7, 11) is 0. The predicted octanol–water partition coefficient (Wildman–Crippen LogP) is 4.12. The van der Waals surface area contributed by atoms with Crippen LogP contribution in [0.5, 0.6) is 0 Å². The smallest absolute Gasteiger partial charge is 0.348 e. The number of thiazole rings is 1. The van der Waals surface area contributed by atoms with Crippen LogP contribution in [0.1, 0.15) is 15.4 Å². The fourth-order valence-electron chi connectivity index (χ4n) is 2.35. The van der Waals surface area contributed by atoms with E-state index in [4.69, 9.17) is 9.26 Å².